The van der Waals surface area contributed by atoms with E-state index in [4.69, 9.17) is 20.1 Å². The first kappa shape index (κ1) is 10.6. The van der Waals surface area contributed by atoms with Gasteiger partial charge in [-0.3, -0.25) is 0 Å². The molecule has 0 aliphatic rings. The van der Waals surface area contributed by atoms with Crippen molar-refractivity contribution < 1.29 is 8.53 Å². The minimum absolute atomic E-state index is 0.124. The van der Waals surface area contributed by atoms with Gasteiger partial charge in [-0.2, -0.15) is 4.98 Å². The van der Waals surface area contributed by atoms with Crippen LogP contribution >= 0.6 is 11.6 Å². The molecule has 110 valence electrons. The molecule has 0 spiro atoms. The molecule has 0 aliphatic heterocycles. The molecule has 3 aromatic rings. The molecule has 3 rings (SSSR count). The van der Waals surface area contributed by atoms with E-state index in [2.05, 4.69) is 25.6 Å². The lowest BCUT2D eigenvalue weighted by Crippen LogP contribution is -2.10. The Bertz CT molecular complexity index is 816. The van der Waals surface area contributed by atoms with Crippen LogP contribution in [0.1, 0.15) is 15.6 Å². The molecule has 0 amide bonds. The summed E-state index contributed by atoms with van der Waals surface area (Å²) in [4.78, 5) is 11.5. The molecule has 7 heteroatoms. The van der Waals surface area contributed by atoms with Crippen LogP contribution in [0.5, 0.6) is 0 Å². The average Bonchev–Trinajstić information content (AvgIpc) is 3.12. The third-order valence-electron chi connectivity index (χ3n) is 3.05. The first-order chi connectivity index (χ1) is 11.4. The van der Waals surface area contributed by atoms with Gasteiger partial charge in [-0.25, -0.2) is 4.98 Å². The van der Waals surface area contributed by atoms with Crippen LogP contribution in [0, 0.1) is 0 Å². The predicted molar refractivity (Wildman–Crippen MR) is 82.6 cm³/mol. The van der Waals surface area contributed by atoms with E-state index in [9.17, 15) is 0 Å². The van der Waals surface area contributed by atoms with Crippen molar-refractivity contribution >= 4 is 28.5 Å². The number of halogens is 1. The predicted octanol–water partition coefficient (Wildman–Crippen LogP) is 2.58. The monoisotopic (exact) mass is 308 g/mol. The van der Waals surface area contributed by atoms with Gasteiger partial charge in [0.1, 0.15) is 17.2 Å². The van der Waals surface area contributed by atoms with Gasteiger partial charge in [0.15, 0.2) is 0 Å². The summed E-state index contributed by atoms with van der Waals surface area (Å²) in [5.41, 5.74) is 1.44. The second kappa shape index (κ2) is 6.15. The molecule has 3 N–H and O–H groups in total. The number of H-pyrrole nitrogens is 1. The van der Waals surface area contributed by atoms with E-state index in [1.54, 1.807) is 6.26 Å². The van der Waals surface area contributed by atoms with Crippen LogP contribution in [0.25, 0.3) is 11.0 Å². The van der Waals surface area contributed by atoms with E-state index in [0.29, 0.717) is 31.0 Å². The maximum atomic E-state index is 7.14. The van der Waals surface area contributed by atoms with E-state index in [0.717, 1.165) is 16.8 Å². The number of aromatic amines is 1. The summed E-state index contributed by atoms with van der Waals surface area (Å²) in [6, 6.07) is 5.55. The lowest BCUT2D eigenvalue weighted by atomic mass is 10.3. The molecule has 3 heterocycles. The standard InChI is InChI=1S/C14H16ClN5O/c1-16-5-4-9-7-11-12(17-8-10-3-2-6-21-10)19-14(15)20-13(11)18-9/h2-3,6-7,16H,4-5,8H2,1H3,(H2,17,18,19,20)/i1D3. The Morgan fingerprint density at radius 2 is 2.43 bits per heavy atom. The quantitative estimate of drug-likeness (QED) is 0.610. The molecular weight excluding hydrogens is 290 g/mol. The second-order valence-corrected chi connectivity index (χ2v) is 4.85. The summed E-state index contributed by atoms with van der Waals surface area (Å²) < 4.78 is 26.7. The van der Waals surface area contributed by atoms with Crippen LogP contribution in [0.15, 0.2) is 28.9 Å². The van der Waals surface area contributed by atoms with Gasteiger partial charge >= 0.3 is 0 Å². The number of furan rings is 1. The summed E-state index contributed by atoms with van der Waals surface area (Å²) in [7, 11) is 0. The van der Waals surface area contributed by atoms with Gasteiger partial charge in [0.2, 0.25) is 5.28 Å². The molecule has 0 bridgehead atoms. The van der Waals surface area contributed by atoms with Crippen molar-refractivity contribution in [2.24, 2.45) is 0 Å². The number of hydrogen-bond donors (Lipinski definition) is 3. The van der Waals surface area contributed by atoms with Gasteiger partial charge in [-0.05, 0) is 43.2 Å². The summed E-state index contributed by atoms with van der Waals surface area (Å²) in [6.45, 7) is -1.36. The third-order valence-corrected chi connectivity index (χ3v) is 3.21. The third kappa shape index (κ3) is 3.17. The molecular formula is C14H16ClN5O. The Kier molecular flexibility index (Phi) is 3.12. The Balaban J connectivity index is 1.76. The Hall–Kier alpha value is -2.05. The molecule has 21 heavy (non-hydrogen) atoms. The van der Waals surface area contributed by atoms with Crippen molar-refractivity contribution in [3.8, 4) is 0 Å². The first-order valence-electron chi connectivity index (χ1n) is 7.97. The number of fused-ring (bicyclic) bond motifs is 1. The van der Waals surface area contributed by atoms with Crippen molar-refractivity contribution in [3.63, 3.8) is 0 Å². The molecule has 0 aliphatic carbocycles. The number of rotatable bonds is 6. The highest BCUT2D eigenvalue weighted by atomic mass is 35.5. The van der Waals surface area contributed by atoms with Gasteiger partial charge in [0, 0.05) is 16.4 Å². The first-order valence-corrected chi connectivity index (χ1v) is 6.85. The van der Waals surface area contributed by atoms with Crippen molar-refractivity contribution in [1.82, 2.24) is 20.3 Å². The number of hydrogen-bond acceptors (Lipinski definition) is 5. The maximum absolute atomic E-state index is 7.14. The fourth-order valence-corrected chi connectivity index (χ4v) is 2.26. The van der Waals surface area contributed by atoms with Crippen LogP contribution in [-0.4, -0.2) is 28.5 Å². The van der Waals surface area contributed by atoms with Crippen LogP contribution in [0.2, 0.25) is 5.28 Å². The van der Waals surface area contributed by atoms with Crippen LogP contribution < -0.4 is 10.6 Å². The van der Waals surface area contributed by atoms with Crippen molar-refractivity contribution in [2.75, 3.05) is 18.8 Å². The van der Waals surface area contributed by atoms with Crippen LogP contribution in [0.3, 0.4) is 0 Å². The zero-order valence-electron chi connectivity index (χ0n) is 14.1. The number of nitrogens with one attached hydrogen (secondary N) is 3. The molecule has 0 unspecified atom stereocenters. The Labute approximate surface area is 131 Å². The molecule has 0 fully saturated rings. The smallest absolute Gasteiger partial charge is 0.226 e. The number of aromatic nitrogens is 3. The van der Waals surface area contributed by atoms with E-state index >= 15 is 0 Å². The normalized spacial score (nSPS) is 13.9. The second-order valence-electron chi connectivity index (χ2n) is 4.51. The summed E-state index contributed by atoms with van der Waals surface area (Å²) in [5.74, 6) is 1.36. The summed E-state index contributed by atoms with van der Waals surface area (Å²) >= 11 is 5.97. The fourth-order valence-electron chi connectivity index (χ4n) is 2.09. The highest BCUT2D eigenvalue weighted by Crippen LogP contribution is 2.23. The summed E-state index contributed by atoms with van der Waals surface area (Å²) in [6.07, 6.45) is 2.12. The topological polar surface area (TPSA) is 78.8 Å². The summed E-state index contributed by atoms with van der Waals surface area (Å²) in [5, 5.41) is 6.55. The minimum Gasteiger partial charge on any atom is -0.467 e. The zero-order valence-corrected chi connectivity index (χ0v) is 11.9. The zero-order chi connectivity index (χ0) is 17.2. The molecule has 3 aromatic heterocycles. The van der Waals surface area contributed by atoms with Gasteiger partial charge in [0.25, 0.3) is 0 Å². The van der Waals surface area contributed by atoms with E-state index in [1.165, 1.54) is 0 Å². The van der Waals surface area contributed by atoms with Crippen molar-refractivity contribution in [1.29, 1.82) is 0 Å². The average molecular weight is 309 g/mol. The molecule has 6 nitrogen and oxygen atoms in total. The highest BCUT2D eigenvalue weighted by Gasteiger charge is 2.10. The van der Waals surface area contributed by atoms with Crippen molar-refractivity contribution in [3.05, 3.63) is 41.2 Å². The van der Waals surface area contributed by atoms with Gasteiger partial charge in [-0.15, -0.1) is 0 Å². The Morgan fingerprint density at radius 1 is 1.48 bits per heavy atom. The van der Waals surface area contributed by atoms with Crippen LogP contribution in [-0.2, 0) is 13.0 Å². The molecule has 0 saturated carbocycles. The van der Waals surface area contributed by atoms with Gasteiger partial charge in [-0.1, -0.05) is 0 Å². The number of nitrogens with zero attached hydrogens (tertiary/aromatic N) is 2. The minimum atomic E-state index is -2.15. The lowest BCUT2D eigenvalue weighted by Gasteiger charge is -2.04. The van der Waals surface area contributed by atoms with E-state index < -0.39 is 6.98 Å². The SMILES string of the molecule is [2H]C([2H])([2H])NCCc1cc2c(NCc3ccco3)nc(Cl)nc2[nH]1. The van der Waals surface area contributed by atoms with Crippen molar-refractivity contribution in [2.45, 2.75) is 13.0 Å². The highest BCUT2D eigenvalue weighted by molar-refractivity contribution is 6.28. The largest absolute Gasteiger partial charge is 0.467 e. The van der Waals surface area contributed by atoms with E-state index in [-0.39, 0.29) is 5.28 Å². The lowest BCUT2D eigenvalue weighted by molar-refractivity contribution is 0.518. The fraction of sp³-hybridized carbons (Fsp3) is 0.286. The number of likely N-dealkylation sites (N-methyl/N-ethyl adjacent to an activating group) is 1. The molecule has 0 radical (unpaired) electrons. The maximum Gasteiger partial charge on any atom is 0.226 e. The molecule has 0 atom stereocenters. The molecule has 0 aromatic carbocycles. The van der Waals surface area contributed by atoms with E-state index in [1.807, 2.05) is 18.2 Å². The van der Waals surface area contributed by atoms with Gasteiger partial charge in [0.05, 0.1) is 18.2 Å². The Morgan fingerprint density at radius 3 is 3.24 bits per heavy atom. The van der Waals surface area contributed by atoms with Gasteiger partial charge < -0.3 is 20.0 Å². The molecule has 0 saturated heterocycles. The van der Waals surface area contributed by atoms with Crippen LogP contribution in [0.4, 0.5) is 5.82 Å². The number of anilines is 1.